The lowest BCUT2D eigenvalue weighted by Gasteiger charge is -2.24. The van der Waals surface area contributed by atoms with E-state index in [1.807, 2.05) is 18.2 Å². The van der Waals surface area contributed by atoms with Crippen LogP contribution in [0.3, 0.4) is 0 Å². The van der Waals surface area contributed by atoms with Gasteiger partial charge in [0.25, 0.3) is 6.43 Å². The van der Waals surface area contributed by atoms with Gasteiger partial charge in [0, 0.05) is 24.7 Å². The van der Waals surface area contributed by atoms with E-state index in [0.717, 1.165) is 10.8 Å². The molecule has 0 saturated carbocycles. The SMILES string of the molecule is COc1ccc2ccnc(N(CCN)CC(F)F)c2c1. The molecular weight excluding hydrogens is 264 g/mol. The van der Waals surface area contributed by atoms with Gasteiger partial charge in [0.1, 0.15) is 11.6 Å². The topological polar surface area (TPSA) is 51.4 Å². The molecule has 0 bridgehead atoms. The van der Waals surface area contributed by atoms with Crippen molar-refractivity contribution in [3.63, 3.8) is 0 Å². The van der Waals surface area contributed by atoms with Crippen molar-refractivity contribution in [1.29, 1.82) is 0 Å². The second-order valence-corrected chi connectivity index (χ2v) is 4.35. The van der Waals surface area contributed by atoms with Gasteiger partial charge in [-0.15, -0.1) is 0 Å². The molecule has 20 heavy (non-hydrogen) atoms. The zero-order valence-electron chi connectivity index (χ0n) is 11.2. The number of aromatic nitrogens is 1. The predicted octanol–water partition coefficient (Wildman–Crippen LogP) is 2.27. The number of anilines is 1. The van der Waals surface area contributed by atoms with E-state index in [9.17, 15) is 8.78 Å². The van der Waals surface area contributed by atoms with Crippen LogP contribution in [0, 0.1) is 0 Å². The number of hydrogen-bond donors (Lipinski definition) is 1. The number of nitrogens with two attached hydrogens (primary N) is 1. The van der Waals surface area contributed by atoms with Gasteiger partial charge in [0.05, 0.1) is 13.7 Å². The maximum absolute atomic E-state index is 12.7. The van der Waals surface area contributed by atoms with Crippen LogP contribution >= 0.6 is 0 Å². The standard InChI is InChI=1S/C14H17F2N3O/c1-20-11-3-2-10-4-6-18-14(12(10)8-11)19(7-5-17)9-13(15)16/h2-4,6,8,13H,5,7,9,17H2,1H3. The van der Waals surface area contributed by atoms with Crippen LogP contribution in [-0.2, 0) is 0 Å². The number of hydrogen-bond acceptors (Lipinski definition) is 4. The Kier molecular flexibility index (Phi) is 4.68. The Morgan fingerprint density at radius 1 is 1.35 bits per heavy atom. The Labute approximate surface area is 116 Å². The van der Waals surface area contributed by atoms with Crippen molar-refractivity contribution in [3.05, 3.63) is 30.5 Å². The molecule has 2 aromatic rings. The largest absolute Gasteiger partial charge is 0.497 e. The molecule has 2 rings (SSSR count). The summed E-state index contributed by atoms with van der Waals surface area (Å²) in [5.74, 6) is 1.17. The van der Waals surface area contributed by atoms with E-state index >= 15 is 0 Å². The van der Waals surface area contributed by atoms with E-state index in [-0.39, 0.29) is 13.1 Å². The number of pyridine rings is 1. The Morgan fingerprint density at radius 2 is 2.15 bits per heavy atom. The molecule has 0 aliphatic carbocycles. The number of methoxy groups -OCH3 is 1. The lowest BCUT2D eigenvalue weighted by Crippen LogP contribution is -2.34. The minimum absolute atomic E-state index is 0.286. The van der Waals surface area contributed by atoms with Gasteiger partial charge in [0.15, 0.2) is 0 Å². The van der Waals surface area contributed by atoms with Gasteiger partial charge in [-0.2, -0.15) is 0 Å². The normalized spacial score (nSPS) is 11.1. The lowest BCUT2D eigenvalue weighted by atomic mass is 10.1. The number of halogens is 2. The molecule has 0 aliphatic rings. The van der Waals surface area contributed by atoms with Crippen molar-refractivity contribution in [1.82, 2.24) is 4.98 Å². The Balaban J connectivity index is 2.49. The lowest BCUT2D eigenvalue weighted by molar-refractivity contribution is 0.155. The summed E-state index contributed by atoms with van der Waals surface area (Å²) in [5, 5.41) is 1.70. The fourth-order valence-corrected chi connectivity index (χ4v) is 2.12. The van der Waals surface area contributed by atoms with Crippen LogP contribution in [0.25, 0.3) is 10.8 Å². The molecule has 0 unspecified atom stereocenters. The quantitative estimate of drug-likeness (QED) is 0.882. The first-order valence-electron chi connectivity index (χ1n) is 6.31. The zero-order valence-corrected chi connectivity index (χ0v) is 11.2. The minimum Gasteiger partial charge on any atom is -0.497 e. The van der Waals surface area contributed by atoms with E-state index in [2.05, 4.69) is 4.98 Å². The van der Waals surface area contributed by atoms with Gasteiger partial charge in [-0.3, -0.25) is 0 Å². The number of benzene rings is 1. The van der Waals surface area contributed by atoms with Crippen molar-refractivity contribution < 1.29 is 13.5 Å². The molecule has 1 aromatic carbocycles. The van der Waals surface area contributed by atoms with Crippen molar-refractivity contribution in [2.45, 2.75) is 6.43 Å². The molecule has 0 saturated heterocycles. The average Bonchev–Trinajstić information content (AvgIpc) is 2.45. The highest BCUT2D eigenvalue weighted by molar-refractivity contribution is 5.93. The molecule has 6 heteroatoms. The van der Waals surface area contributed by atoms with Crippen LogP contribution in [0.4, 0.5) is 14.6 Å². The Bertz CT molecular complexity index is 577. The van der Waals surface area contributed by atoms with E-state index in [1.165, 1.54) is 4.90 Å². The number of fused-ring (bicyclic) bond motifs is 1. The summed E-state index contributed by atoms with van der Waals surface area (Å²) >= 11 is 0. The van der Waals surface area contributed by atoms with Crippen LogP contribution in [0.15, 0.2) is 30.5 Å². The molecule has 0 spiro atoms. The molecule has 1 heterocycles. The third-order valence-electron chi connectivity index (χ3n) is 3.01. The molecular formula is C14H17F2N3O. The Morgan fingerprint density at radius 3 is 2.80 bits per heavy atom. The Hall–Kier alpha value is -1.95. The summed E-state index contributed by atoms with van der Waals surface area (Å²) in [6.07, 6.45) is -0.830. The van der Waals surface area contributed by atoms with Gasteiger partial charge in [0.2, 0.25) is 0 Å². The molecule has 0 atom stereocenters. The molecule has 0 fully saturated rings. The maximum Gasteiger partial charge on any atom is 0.255 e. The highest BCUT2D eigenvalue weighted by Gasteiger charge is 2.16. The molecule has 1 aromatic heterocycles. The van der Waals surface area contributed by atoms with E-state index in [1.54, 1.807) is 19.4 Å². The summed E-state index contributed by atoms with van der Waals surface area (Å²) < 4.78 is 30.6. The number of ether oxygens (including phenoxy) is 1. The van der Waals surface area contributed by atoms with Crippen LogP contribution < -0.4 is 15.4 Å². The smallest absolute Gasteiger partial charge is 0.255 e. The van der Waals surface area contributed by atoms with Gasteiger partial charge in [-0.05, 0) is 23.6 Å². The van der Waals surface area contributed by atoms with E-state index < -0.39 is 6.43 Å². The van der Waals surface area contributed by atoms with Crippen molar-refractivity contribution in [2.75, 3.05) is 31.6 Å². The van der Waals surface area contributed by atoms with Crippen molar-refractivity contribution in [2.24, 2.45) is 5.73 Å². The van der Waals surface area contributed by atoms with Gasteiger partial charge in [-0.1, -0.05) is 6.07 Å². The molecule has 108 valence electrons. The van der Waals surface area contributed by atoms with E-state index in [0.29, 0.717) is 18.1 Å². The molecule has 0 aliphatic heterocycles. The summed E-state index contributed by atoms with van der Waals surface area (Å²) in [5.41, 5.74) is 5.50. The summed E-state index contributed by atoms with van der Waals surface area (Å²) in [4.78, 5) is 5.74. The molecule has 2 N–H and O–H groups in total. The first-order valence-corrected chi connectivity index (χ1v) is 6.31. The van der Waals surface area contributed by atoms with E-state index in [4.69, 9.17) is 10.5 Å². The van der Waals surface area contributed by atoms with Gasteiger partial charge in [-0.25, -0.2) is 13.8 Å². The number of nitrogens with zero attached hydrogens (tertiary/aromatic N) is 2. The molecule has 0 radical (unpaired) electrons. The molecule has 0 amide bonds. The van der Waals surface area contributed by atoms with Crippen LogP contribution in [-0.4, -0.2) is 38.2 Å². The predicted molar refractivity (Wildman–Crippen MR) is 75.6 cm³/mol. The third kappa shape index (κ3) is 3.14. The summed E-state index contributed by atoms with van der Waals surface area (Å²) in [7, 11) is 1.56. The van der Waals surface area contributed by atoms with Crippen LogP contribution in [0.2, 0.25) is 0 Å². The van der Waals surface area contributed by atoms with Crippen molar-refractivity contribution >= 4 is 16.6 Å². The van der Waals surface area contributed by atoms with Crippen LogP contribution in [0.5, 0.6) is 5.75 Å². The van der Waals surface area contributed by atoms with Gasteiger partial charge < -0.3 is 15.4 Å². The zero-order chi connectivity index (χ0) is 14.5. The number of rotatable bonds is 6. The first kappa shape index (κ1) is 14.5. The maximum atomic E-state index is 12.7. The monoisotopic (exact) mass is 281 g/mol. The second-order valence-electron chi connectivity index (χ2n) is 4.35. The second kappa shape index (κ2) is 6.47. The fraction of sp³-hybridized carbons (Fsp3) is 0.357. The summed E-state index contributed by atoms with van der Waals surface area (Å²) in [6, 6.07) is 7.34. The average molecular weight is 281 g/mol. The van der Waals surface area contributed by atoms with Crippen LogP contribution in [0.1, 0.15) is 0 Å². The van der Waals surface area contributed by atoms with Crippen molar-refractivity contribution in [3.8, 4) is 5.75 Å². The highest BCUT2D eigenvalue weighted by Crippen LogP contribution is 2.28. The molecule has 4 nitrogen and oxygen atoms in total. The third-order valence-corrected chi connectivity index (χ3v) is 3.01. The summed E-state index contributed by atoms with van der Waals surface area (Å²) in [6.45, 7) is 0.225. The fourth-order valence-electron chi connectivity index (χ4n) is 2.12. The first-order chi connectivity index (χ1) is 9.65. The highest BCUT2D eigenvalue weighted by atomic mass is 19.3. The number of alkyl halides is 2. The minimum atomic E-state index is -2.44. The van der Waals surface area contributed by atoms with Gasteiger partial charge >= 0.3 is 0 Å².